The van der Waals surface area contributed by atoms with Crippen LogP contribution >= 0.6 is 35.6 Å². The van der Waals surface area contributed by atoms with Crippen molar-refractivity contribution in [1.82, 2.24) is 15.1 Å². The first-order valence-corrected chi connectivity index (χ1v) is 8.91. The van der Waals surface area contributed by atoms with E-state index in [-0.39, 0.29) is 24.0 Å². The van der Waals surface area contributed by atoms with Crippen molar-refractivity contribution in [2.24, 2.45) is 4.99 Å². The summed E-state index contributed by atoms with van der Waals surface area (Å²) in [5.41, 5.74) is 1.21. The van der Waals surface area contributed by atoms with Crippen molar-refractivity contribution in [3.8, 4) is 0 Å². The Morgan fingerprint density at radius 3 is 2.52 bits per heavy atom. The first-order chi connectivity index (χ1) is 11.6. The third-order valence-corrected chi connectivity index (χ3v) is 4.49. The highest BCUT2D eigenvalue weighted by Crippen LogP contribution is 2.25. The molecule has 1 aromatic carbocycles. The number of rotatable bonds is 9. The zero-order chi connectivity index (χ0) is 17.4. The molecule has 1 aromatic rings. The monoisotopic (exact) mass is 480 g/mol. The van der Waals surface area contributed by atoms with Gasteiger partial charge in [0.1, 0.15) is 0 Å². The molecule has 0 unspecified atom stereocenters. The van der Waals surface area contributed by atoms with E-state index >= 15 is 0 Å². The first kappa shape index (κ1) is 22.5. The number of nitrogens with one attached hydrogen (secondary N) is 1. The Bertz CT molecular complexity index is 522. The number of hydrogen-bond acceptors (Lipinski definition) is 3. The molecule has 0 aliphatic heterocycles. The summed E-state index contributed by atoms with van der Waals surface area (Å²) in [4.78, 5) is 9.01. The lowest BCUT2D eigenvalue weighted by Gasteiger charge is -2.25. The van der Waals surface area contributed by atoms with Gasteiger partial charge in [-0.3, -0.25) is 9.89 Å². The highest BCUT2D eigenvalue weighted by molar-refractivity contribution is 14.0. The topological polar surface area (TPSA) is 40.1 Å². The zero-order valence-electron chi connectivity index (χ0n) is 15.4. The summed E-state index contributed by atoms with van der Waals surface area (Å²) in [6.45, 7) is 4.50. The molecule has 0 heterocycles. The average molecular weight is 481 g/mol. The minimum atomic E-state index is 0. The average Bonchev–Trinajstić information content (AvgIpc) is 3.41. The van der Waals surface area contributed by atoms with Crippen LogP contribution in [0.5, 0.6) is 0 Å². The van der Waals surface area contributed by atoms with Gasteiger partial charge in [0, 0.05) is 58.4 Å². The highest BCUT2D eigenvalue weighted by Gasteiger charge is 2.28. The Morgan fingerprint density at radius 2 is 1.96 bits per heavy atom. The number of methoxy groups -OCH3 is 1. The summed E-state index contributed by atoms with van der Waals surface area (Å²) in [6.07, 6.45) is 2.63. The smallest absolute Gasteiger partial charge is 0.193 e. The third-order valence-electron chi connectivity index (χ3n) is 4.23. The molecule has 25 heavy (non-hydrogen) atoms. The van der Waals surface area contributed by atoms with E-state index in [1.165, 1.54) is 18.4 Å². The van der Waals surface area contributed by atoms with Crippen LogP contribution in [0, 0.1) is 0 Å². The molecule has 0 bridgehead atoms. The largest absolute Gasteiger partial charge is 0.383 e. The summed E-state index contributed by atoms with van der Waals surface area (Å²) in [7, 11) is 5.63. The molecule has 7 heteroatoms. The predicted molar refractivity (Wildman–Crippen MR) is 116 cm³/mol. The van der Waals surface area contributed by atoms with Crippen LogP contribution in [0.1, 0.15) is 18.4 Å². The number of hydrogen-bond donors (Lipinski definition) is 1. The quantitative estimate of drug-likeness (QED) is 0.335. The van der Waals surface area contributed by atoms with Gasteiger partial charge < -0.3 is 15.0 Å². The van der Waals surface area contributed by atoms with Gasteiger partial charge in [-0.2, -0.15) is 0 Å². The molecule has 0 aromatic heterocycles. The van der Waals surface area contributed by atoms with Gasteiger partial charge in [-0.1, -0.05) is 23.7 Å². The predicted octanol–water partition coefficient (Wildman–Crippen LogP) is 3.08. The highest BCUT2D eigenvalue weighted by atomic mass is 127. The fourth-order valence-electron chi connectivity index (χ4n) is 2.76. The normalized spacial score (nSPS) is 14.4. The van der Waals surface area contributed by atoms with E-state index in [0.717, 1.165) is 49.8 Å². The Hall–Kier alpha value is -0.570. The molecule has 0 radical (unpaired) electrons. The lowest BCUT2D eigenvalue weighted by atomic mass is 10.2. The van der Waals surface area contributed by atoms with E-state index in [9.17, 15) is 0 Å². The van der Waals surface area contributed by atoms with Crippen molar-refractivity contribution in [1.29, 1.82) is 0 Å². The van der Waals surface area contributed by atoms with Crippen molar-refractivity contribution in [2.75, 3.05) is 47.4 Å². The Labute approximate surface area is 173 Å². The van der Waals surface area contributed by atoms with Crippen molar-refractivity contribution >= 4 is 41.5 Å². The summed E-state index contributed by atoms with van der Waals surface area (Å²) >= 11 is 5.94. The van der Waals surface area contributed by atoms with E-state index in [1.807, 2.05) is 38.4 Å². The van der Waals surface area contributed by atoms with Crippen LogP contribution in [0.2, 0.25) is 5.02 Å². The molecule has 0 atom stereocenters. The maximum Gasteiger partial charge on any atom is 0.193 e. The van der Waals surface area contributed by atoms with Crippen LogP contribution in [0.4, 0.5) is 0 Å². The van der Waals surface area contributed by atoms with Crippen LogP contribution in [0.15, 0.2) is 29.3 Å². The lowest BCUT2D eigenvalue weighted by Crippen LogP contribution is -2.43. The van der Waals surface area contributed by atoms with Gasteiger partial charge in [0.25, 0.3) is 0 Å². The lowest BCUT2D eigenvalue weighted by molar-refractivity contribution is 0.144. The van der Waals surface area contributed by atoms with Gasteiger partial charge >= 0.3 is 0 Å². The molecule has 142 valence electrons. The zero-order valence-corrected chi connectivity index (χ0v) is 18.5. The molecule has 5 nitrogen and oxygen atoms in total. The number of guanidine groups is 1. The van der Waals surface area contributed by atoms with Crippen LogP contribution in [0.25, 0.3) is 0 Å². The maximum absolute atomic E-state index is 5.94. The number of aliphatic imine (C=N–C) groups is 1. The molecule has 0 saturated heterocycles. The Kier molecular flexibility index (Phi) is 10.7. The second-order valence-corrected chi connectivity index (χ2v) is 6.65. The van der Waals surface area contributed by atoms with Crippen molar-refractivity contribution in [3.63, 3.8) is 0 Å². The molecule has 2 rings (SSSR count). The molecule has 1 fully saturated rings. The molecule has 1 N–H and O–H groups in total. The summed E-state index contributed by atoms with van der Waals surface area (Å²) < 4.78 is 5.21. The Balaban J connectivity index is 0.00000312. The molecular formula is C18H30ClIN4O. The van der Waals surface area contributed by atoms with Gasteiger partial charge in [-0.25, -0.2) is 0 Å². The molecule has 1 aliphatic rings. The SMILES string of the molecule is CN=C(NCCN(CCOC)C1CC1)N(C)Cc1ccc(Cl)cc1.I. The van der Waals surface area contributed by atoms with E-state index in [4.69, 9.17) is 16.3 Å². The van der Waals surface area contributed by atoms with Crippen LogP contribution < -0.4 is 5.32 Å². The summed E-state index contributed by atoms with van der Waals surface area (Å²) in [5.74, 6) is 0.910. The molecule has 1 saturated carbocycles. The van der Waals surface area contributed by atoms with Gasteiger partial charge in [0.05, 0.1) is 6.61 Å². The van der Waals surface area contributed by atoms with E-state index in [2.05, 4.69) is 20.1 Å². The van der Waals surface area contributed by atoms with Crippen LogP contribution in [-0.4, -0.2) is 69.2 Å². The molecule has 0 amide bonds. The van der Waals surface area contributed by atoms with Crippen molar-refractivity contribution in [2.45, 2.75) is 25.4 Å². The van der Waals surface area contributed by atoms with Gasteiger partial charge in [-0.05, 0) is 30.5 Å². The standard InChI is InChI=1S/C18H29ClN4O.HI/c1-20-18(22(2)14-15-4-6-16(19)7-5-15)21-10-11-23(12-13-24-3)17-8-9-17;/h4-7,17H,8-14H2,1-3H3,(H,20,21);1H. The van der Waals surface area contributed by atoms with Gasteiger partial charge in [0.2, 0.25) is 0 Å². The Morgan fingerprint density at radius 1 is 1.28 bits per heavy atom. The van der Waals surface area contributed by atoms with E-state index in [0.29, 0.717) is 0 Å². The summed E-state index contributed by atoms with van der Waals surface area (Å²) in [5, 5.41) is 4.22. The van der Waals surface area contributed by atoms with Gasteiger partial charge in [-0.15, -0.1) is 24.0 Å². The van der Waals surface area contributed by atoms with Crippen molar-refractivity contribution in [3.05, 3.63) is 34.9 Å². The van der Waals surface area contributed by atoms with Crippen molar-refractivity contribution < 1.29 is 4.74 Å². The molecule has 0 spiro atoms. The fourth-order valence-corrected chi connectivity index (χ4v) is 2.89. The first-order valence-electron chi connectivity index (χ1n) is 8.53. The van der Waals surface area contributed by atoms with Crippen LogP contribution in [0.3, 0.4) is 0 Å². The van der Waals surface area contributed by atoms with E-state index < -0.39 is 0 Å². The number of benzene rings is 1. The molecule has 1 aliphatic carbocycles. The molecular weight excluding hydrogens is 451 g/mol. The van der Waals surface area contributed by atoms with Gasteiger partial charge in [0.15, 0.2) is 5.96 Å². The number of ether oxygens (including phenoxy) is 1. The van der Waals surface area contributed by atoms with Crippen LogP contribution in [-0.2, 0) is 11.3 Å². The maximum atomic E-state index is 5.94. The third kappa shape index (κ3) is 8.11. The number of nitrogens with zero attached hydrogens (tertiary/aromatic N) is 3. The number of halogens is 2. The summed E-state index contributed by atoms with van der Waals surface area (Å²) in [6, 6.07) is 8.68. The second kappa shape index (κ2) is 11.9. The minimum Gasteiger partial charge on any atom is -0.383 e. The minimum absolute atomic E-state index is 0. The second-order valence-electron chi connectivity index (χ2n) is 6.22. The fraction of sp³-hybridized carbons (Fsp3) is 0.611. The van der Waals surface area contributed by atoms with E-state index in [1.54, 1.807) is 7.11 Å².